The average molecular weight is 148 g/mol. The van der Waals surface area contributed by atoms with Gasteiger partial charge in [-0.05, 0) is 0 Å². The zero-order chi connectivity index (χ0) is 7.11. The van der Waals surface area contributed by atoms with Crippen LogP contribution in [-0.2, 0) is 0 Å². The average Bonchev–Trinajstić information content (AvgIpc) is 2.11. The quantitative estimate of drug-likeness (QED) is 0.436. The fourth-order valence-corrected chi connectivity index (χ4v) is 0.527. The van der Waals surface area contributed by atoms with Crippen LogP contribution in [0.2, 0.25) is 0 Å². The summed E-state index contributed by atoms with van der Waals surface area (Å²) in [7, 11) is 0. The molecule has 0 fully saturated rings. The smallest absolute Gasteiger partial charge is 0.291 e. The molecule has 0 aromatic carbocycles. The summed E-state index contributed by atoms with van der Waals surface area (Å²) in [6.07, 6.45) is 1.77. The van der Waals surface area contributed by atoms with Crippen molar-refractivity contribution in [2.75, 3.05) is 0 Å². The van der Waals surface area contributed by atoms with Gasteiger partial charge < -0.3 is 5.21 Å². The van der Waals surface area contributed by atoms with E-state index in [0.29, 0.717) is 0 Å². The van der Waals surface area contributed by atoms with E-state index in [4.69, 9.17) is 15.3 Å². The van der Waals surface area contributed by atoms with Crippen LogP contribution < -0.4 is 0 Å². The van der Waals surface area contributed by atoms with Gasteiger partial charge in [0.05, 0.1) is 5.51 Å². The summed E-state index contributed by atoms with van der Waals surface area (Å²) in [5.41, 5.74) is 1.79. The van der Waals surface area contributed by atoms with E-state index in [0.717, 1.165) is 0 Å². The minimum Gasteiger partial charge on any atom is -0.328 e. The zero-order valence-corrected chi connectivity index (χ0v) is 5.11. The Hall–Kier alpha value is -1.17. The van der Waals surface area contributed by atoms with Gasteiger partial charge in [-0.3, -0.25) is 4.98 Å². The highest BCUT2D eigenvalue weighted by atomic mass is 32.1. The normalized spacial score (nSPS) is 7.11. The molecular formula is C3H4N2O3S. The van der Waals surface area contributed by atoms with Crippen LogP contribution >= 0.6 is 11.3 Å². The zero-order valence-electron chi connectivity index (χ0n) is 4.30. The van der Waals surface area contributed by atoms with Gasteiger partial charge in [0.2, 0.25) is 0 Å². The highest BCUT2D eigenvalue weighted by Gasteiger charge is 1.65. The SMILES string of the molecule is O=[N+]([O-])O.c1cscn1. The van der Waals surface area contributed by atoms with E-state index >= 15 is 0 Å². The van der Waals surface area contributed by atoms with Gasteiger partial charge in [-0.25, -0.2) is 0 Å². The maximum Gasteiger partial charge on any atom is 0.291 e. The van der Waals surface area contributed by atoms with Crippen molar-refractivity contribution in [1.82, 2.24) is 4.98 Å². The number of hydrogen-bond donors (Lipinski definition) is 1. The maximum absolute atomic E-state index is 8.36. The molecule has 6 heteroatoms. The molecule has 0 spiro atoms. The predicted octanol–water partition coefficient (Wildman–Crippen LogP) is 0.795. The Kier molecular flexibility index (Phi) is 4.33. The van der Waals surface area contributed by atoms with E-state index in [1.807, 2.05) is 5.38 Å². The van der Waals surface area contributed by atoms with E-state index in [1.165, 1.54) is 0 Å². The van der Waals surface area contributed by atoms with Crippen LogP contribution in [0.4, 0.5) is 0 Å². The molecule has 9 heavy (non-hydrogen) atoms. The van der Waals surface area contributed by atoms with Crippen LogP contribution in [0.3, 0.4) is 0 Å². The fraction of sp³-hybridized carbons (Fsp3) is 0. The molecule has 1 aromatic heterocycles. The summed E-state index contributed by atoms with van der Waals surface area (Å²) in [5.74, 6) is 0. The molecule has 0 unspecified atom stereocenters. The van der Waals surface area contributed by atoms with Crippen LogP contribution in [0.25, 0.3) is 0 Å². The van der Waals surface area contributed by atoms with E-state index < -0.39 is 5.09 Å². The number of rotatable bonds is 0. The fourth-order valence-electron chi connectivity index (χ4n) is 0.176. The molecule has 0 saturated carbocycles. The van der Waals surface area contributed by atoms with Crippen molar-refractivity contribution in [3.63, 3.8) is 0 Å². The summed E-state index contributed by atoms with van der Waals surface area (Å²) in [4.78, 5) is 12.1. The van der Waals surface area contributed by atoms with Gasteiger partial charge in [0.25, 0.3) is 5.09 Å². The lowest BCUT2D eigenvalue weighted by molar-refractivity contribution is -0.742. The third kappa shape index (κ3) is 10.9. The highest BCUT2D eigenvalue weighted by Crippen LogP contribution is 1.85. The Morgan fingerprint density at radius 2 is 2.33 bits per heavy atom. The van der Waals surface area contributed by atoms with Crippen molar-refractivity contribution in [3.05, 3.63) is 27.2 Å². The Morgan fingerprint density at radius 1 is 1.78 bits per heavy atom. The minimum atomic E-state index is -1.50. The lowest BCUT2D eigenvalue weighted by Crippen LogP contribution is -1.81. The Bertz CT molecular complexity index is 131. The summed E-state index contributed by atoms with van der Waals surface area (Å²) >= 11 is 1.60. The lowest BCUT2D eigenvalue weighted by Gasteiger charge is -1.56. The Morgan fingerprint density at radius 3 is 2.44 bits per heavy atom. The van der Waals surface area contributed by atoms with Crippen LogP contribution in [-0.4, -0.2) is 15.3 Å². The van der Waals surface area contributed by atoms with E-state index in [1.54, 1.807) is 23.0 Å². The first-order valence-electron chi connectivity index (χ1n) is 1.89. The summed E-state index contributed by atoms with van der Waals surface area (Å²) in [5, 5.41) is 15.6. The first-order chi connectivity index (χ1) is 4.23. The molecule has 0 aliphatic heterocycles. The molecule has 0 radical (unpaired) electrons. The van der Waals surface area contributed by atoms with Crippen molar-refractivity contribution in [1.29, 1.82) is 0 Å². The first kappa shape index (κ1) is 7.83. The standard InChI is InChI=1S/C3H3NS.HNO3/c1-2-5-3-4-1;2-1(3)4/h1-3H;(H,2,3,4). The largest absolute Gasteiger partial charge is 0.328 e. The van der Waals surface area contributed by atoms with Gasteiger partial charge in [-0.2, -0.15) is 0 Å². The third-order valence-corrected chi connectivity index (χ3v) is 0.869. The first-order valence-corrected chi connectivity index (χ1v) is 2.83. The Balaban J connectivity index is 0.000000148. The second kappa shape index (κ2) is 4.98. The van der Waals surface area contributed by atoms with Crippen molar-refractivity contribution in [3.8, 4) is 0 Å². The number of aromatic nitrogens is 1. The molecule has 0 aliphatic rings. The molecule has 5 nitrogen and oxygen atoms in total. The molecule has 0 amide bonds. The molecule has 0 bridgehead atoms. The van der Waals surface area contributed by atoms with Crippen molar-refractivity contribution < 1.29 is 10.3 Å². The lowest BCUT2D eigenvalue weighted by atomic mass is 11.0. The topological polar surface area (TPSA) is 76.3 Å². The molecule has 1 heterocycles. The Labute approximate surface area is 54.7 Å². The van der Waals surface area contributed by atoms with Crippen molar-refractivity contribution in [2.45, 2.75) is 0 Å². The van der Waals surface area contributed by atoms with E-state index in [-0.39, 0.29) is 0 Å². The molecule has 0 aliphatic carbocycles. The van der Waals surface area contributed by atoms with Gasteiger partial charge in [0.1, 0.15) is 0 Å². The number of thiazole rings is 1. The van der Waals surface area contributed by atoms with Crippen LogP contribution in [0, 0.1) is 10.1 Å². The summed E-state index contributed by atoms with van der Waals surface area (Å²) in [6.45, 7) is 0. The number of hydrogen-bond acceptors (Lipinski definition) is 4. The van der Waals surface area contributed by atoms with Crippen molar-refractivity contribution >= 4 is 11.3 Å². The van der Waals surface area contributed by atoms with Crippen LogP contribution in [0.5, 0.6) is 0 Å². The third-order valence-electron chi connectivity index (χ3n) is 0.347. The molecule has 0 saturated heterocycles. The highest BCUT2D eigenvalue weighted by molar-refractivity contribution is 7.07. The van der Waals surface area contributed by atoms with Gasteiger partial charge in [-0.15, -0.1) is 21.5 Å². The van der Waals surface area contributed by atoms with Crippen molar-refractivity contribution in [2.24, 2.45) is 0 Å². The second-order valence-corrected chi connectivity index (χ2v) is 1.67. The maximum atomic E-state index is 8.36. The van der Waals surface area contributed by atoms with Gasteiger partial charge in [-0.1, -0.05) is 0 Å². The monoisotopic (exact) mass is 148 g/mol. The van der Waals surface area contributed by atoms with Crippen LogP contribution in [0.15, 0.2) is 17.1 Å². The van der Waals surface area contributed by atoms with Crippen LogP contribution in [0.1, 0.15) is 0 Å². The van der Waals surface area contributed by atoms with Gasteiger partial charge in [0.15, 0.2) is 0 Å². The minimum absolute atomic E-state index is 1.50. The molecule has 1 N–H and O–H groups in total. The molecule has 1 aromatic rings. The molecule has 1 rings (SSSR count). The molecular weight excluding hydrogens is 144 g/mol. The van der Waals surface area contributed by atoms with E-state index in [9.17, 15) is 0 Å². The molecule has 0 atom stereocenters. The van der Waals surface area contributed by atoms with Gasteiger partial charge >= 0.3 is 0 Å². The van der Waals surface area contributed by atoms with E-state index in [2.05, 4.69) is 4.98 Å². The predicted molar refractivity (Wildman–Crippen MR) is 30.9 cm³/mol. The summed E-state index contributed by atoms with van der Waals surface area (Å²) in [6, 6.07) is 0. The molecule has 50 valence electrons. The second-order valence-electron chi connectivity index (χ2n) is 0.914. The van der Waals surface area contributed by atoms with Gasteiger partial charge in [0, 0.05) is 11.6 Å². The summed E-state index contributed by atoms with van der Waals surface area (Å²) < 4.78 is 0. The number of nitrogens with zero attached hydrogens (tertiary/aromatic N) is 2.